The molecular weight excluding hydrogens is 546 g/mol. The van der Waals surface area contributed by atoms with Crippen LogP contribution in [0.1, 0.15) is 36.8 Å². The first-order valence-corrected chi connectivity index (χ1v) is 14.6. The third-order valence-corrected chi connectivity index (χ3v) is 8.74. The van der Waals surface area contributed by atoms with Gasteiger partial charge in [0.15, 0.2) is 0 Å². The highest BCUT2D eigenvalue weighted by molar-refractivity contribution is 8.26. The number of nitrogens with zero attached hydrogens (tertiary/aromatic N) is 3. The van der Waals surface area contributed by atoms with Gasteiger partial charge >= 0.3 is 0 Å². The van der Waals surface area contributed by atoms with E-state index >= 15 is 0 Å². The van der Waals surface area contributed by atoms with E-state index in [1.165, 1.54) is 11.8 Å². The lowest BCUT2D eigenvalue weighted by atomic mass is 10.1. The third kappa shape index (κ3) is 5.53. The maximum absolute atomic E-state index is 13.4. The van der Waals surface area contributed by atoms with Gasteiger partial charge in [-0.1, -0.05) is 84.8 Å². The van der Waals surface area contributed by atoms with Crippen molar-refractivity contribution in [3.8, 4) is 22.7 Å². The van der Waals surface area contributed by atoms with Gasteiger partial charge in [-0.25, -0.2) is 4.68 Å². The fourth-order valence-electron chi connectivity index (χ4n) is 5.01. The fourth-order valence-corrected chi connectivity index (χ4v) is 6.60. The van der Waals surface area contributed by atoms with Crippen molar-refractivity contribution in [1.29, 1.82) is 0 Å². The maximum Gasteiger partial charge on any atom is 0.266 e. The normalized spacial score (nSPS) is 16.9. The van der Waals surface area contributed by atoms with Crippen LogP contribution in [0.5, 0.6) is 5.75 Å². The number of benzene rings is 3. The van der Waals surface area contributed by atoms with E-state index in [0.717, 1.165) is 59.5 Å². The number of thiocarbonyl (C=S) groups is 1. The number of amides is 1. The summed E-state index contributed by atoms with van der Waals surface area (Å²) in [6.07, 6.45) is 8.22. The van der Waals surface area contributed by atoms with Gasteiger partial charge in [0.25, 0.3) is 5.91 Å². The first kappa shape index (κ1) is 25.9. The summed E-state index contributed by atoms with van der Waals surface area (Å²) < 4.78 is 8.47. The van der Waals surface area contributed by atoms with Gasteiger partial charge in [-0.05, 0) is 61.4 Å². The van der Waals surface area contributed by atoms with Crippen LogP contribution < -0.4 is 4.74 Å². The third-order valence-electron chi connectivity index (χ3n) is 7.04. The van der Waals surface area contributed by atoms with Crippen molar-refractivity contribution >= 4 is 51.9 Å². The summed E-state index contributed by atoms with van der Waals surface area (Å²) in [6.45, 7) is 0.385. The zero-order chi connectivity index (χ0) is 26.8. The molecule has 5 nitrogen and oxygen atoms in total. The smallest absolute Gasteiger partial charge is 0.266 e. The van der Waals surface area contributed by atoms with E-state index in [9.17, 15) is 4.79 Å². The van der Waals surface area contributed by atoms with Crippen molar-refractivity contribution in [3.05, 3.63) is 106 Å². The van der Waals surface area contributed by atoms with E-state index in [0.29, 0.717) is 20.9 Å². The first-order chi connectivity index (χ1) is 19.1. The van der Waals surface area contributed by atoms with Crippen molar-refractivity contribution < 1.29 is 9.53 Å². The molecule has 3 aromatic carbocycles. The molecule has 8 heteroatoms. The summed E-state index contributed by atoms with van der Waals surface area (Å²) >= 11 is 13.3. The van der Waals surface area contributed by atoms with Crippen LogP contribution in [0.25, 0.3) is 23.0 Å². The SMILES string of the molecule is O=C1/C(=C/c2cn(-c3ccccc3)nc2-c2ccc(OCc3ccccc3Cl)cc2)SC(=S)N1C1CCCC1. The van der Waals surface area contributed by atoms with E-state index in [2.05, 4.69) is 0 Å². The standard InChI is InChI=1S/C31H26ClN3O2S2/c32-27-13-7-4-8-22(27)20-37-26-16-14-21(15-17-26)29-23(19-34(33-29)24-9-2-1-3-10-24)18-28-30(36)35(31(38)39-28)25-11-5-6-12-25/h1-4,7-10,13-19,25H,5-6,11-12,20H2/b28-18-. The maximum atomic E-state index is 13.4. The van der Waals surface area contributed by atoms with Crippen LogP contribution >= 0.6 is 35.6 Å². The van der Waals surface area contributed by atoms with E-state index in [-0.39, 0.29) is 11.9 Å². The molecule has 1 aliphatic heterocycles. The zero-order valence-electron chi connectivity index (χ0n) is 21.1. The van der Waals surface area contributed by atoms with Crippen LogP contribution in [-0.2, 0) is 11.4 Å². The second kappa shape index (κ2) is 11.4. The van der Waals surface area contributed by atoms with E-state index in [1.54, 1.807) is 0 Å². The quantitative estimate of drug-likeness (QED) is 0.167. The number of aromatic nitrogens is 2. The second-order valence-corrected chi connectivity index (χ2v) is 11.7. The molecule has 4 aromatic rings. The lowest BCUT2D eigenvalue weighted by Gasteiger charge is -2.21. The molecule has 0 bridgehead atoms. The summed E-state index contributed by atoms with van der Waals surface area (Å²) in [6, 6.07) is 25.6. The molecule has 0 spiro atoms. The number of rotatable bonds is 7. The van der Waals surface area contributed by atoms with Crippen LogP contribution in [0.2, 0.25) is 5.02 Å². The average molecular weight is 572 g/mol. The molecule has 6 rings (SSSR count). The number of ether oxygens (including phenoxy) is 1. The van der Waals surface area contributed by atoms with Crippen LogP contribution in [-0.4, -0.2) is 30.9 Å². The molecule has 0 atom stereocenters. The first-order valence-electron chi connectivity index (χ1n) is 13.0. The van der Waals surface area contributed by atoms with Gasteiger partial charge in [0.1, 0.15) is 16.7 Å². The molecule has 196 valence electrons. The Bertz CT molecular complexity index is 1540. The highest BCUT2D eigenvalue weighted by Gasteiger charge is 2.38. The van der Waals surface area contributed by atoms with Gasteiger partial charge in [-0.2, -0.15) is 5.10 Å². The number of carbonyl (C=O) groups is 1. The topological polar surface area (TPSA) is 47.4 Å². The molecule has 0 N–H and O–H groups in total. The van der Waals surface area contributed by atoms with Crippen LogP contribution in [0.4, 0.5) is 0 Å². The van der Waals surface area contributed by atoms with Gasteiger partial charge in [0, 0.05) is 34.0 Å². The second-order valence-electron chi connectivity index (χ2n) is 9.61. The van der Waals surface area contributed by atoms with Crippen molar-refractivity contribution in [1.82, 2.24) is 14.7 Å². The molecule has 0 radical (unpaired) electrons. The lowest BCUT2D eigenvalue weighted by Crippen LogP contribution is -2.36. The summed E-state index contributed by atoms with van der Waals surface area (Å²) in [5.41, 5.74) is 4.43. The molecule has 0 unspecified atom stereocenters. The molecule has 1 aromatic heterocycles. The number of carbonyl (C=O) groups excluding carboxylic acids is 1. The predicted octanol–water partition coefficient (Wildman–Crippen LogP) is 7.92. The number of hydrogen-bond donors (Lipinski definition) is 0. The summed E-state index contributed by atoms with van der Waals surface area (Å²) in [4.78, 5) is 15.8. The Morgan fingerprint density at radius 2 is 1.72 bits per heavy atom. The van der Waals surface area contributed by atoms with Gasteiger partial charge in [0.05, 0.1) is 16.3 Å². The highest BCUT2D eigenvalue weighted by atomic mass is 35.5. The Kier molecular flexibility index (Phi) is 7.55. The van der Waals surface area contributed by atoms with Crippen LogP contribution in [0.3, 0.4) is 0 Å². The Balaban J connectivity index is 1.30. The average Bonchev–Trinajstić information content (AvgIpc) is 3.69. The summed E-state index contributed by atoms with van der Waals surface area (Å²) in [7, 11) is 0. The predicted molar refractivity (Wildman–Crippen MR) is 162 cm³/mol. The van der Waals surface area contributed by atoms with Gasteiger partial charge in [-0.15, -0.1) is 0 Å². The van der Waals surface area contributed by atoms with Crippen LogP contribution in [0.15, 0.2) is 90.0 Å². The minimum absolute atomic E-state index is 0.00127. The van der Waals surface area contributed by atoms with Gasteiger partial charge < -0.3 is 4.74 Å². The number of hydrogen-bond acceptors (Lipinski definition) is 5. The molecule has 1 saturated heterocycles. The Labute approximate surface area is 242 Å². The molecule has 2 aliphatic rings. The molecule has 39 heavy (non-hydrogen) atoms. The van der Waals surface area contributed by atoms with E-state index in [4.69, 9.17) is 33.7 Å². The van der Waals surface area contributed by atoms with E-state index in [1.807, 2.05) is 101 Å². The van der Waals surface area contributed by atoms with Crippen molar-refractivity contribution in [2.75, 3.05) is 0 Å². The van der Waals surface area contributed by atoms with Crippen molar-refractivity contribution in [3.63, 3.8) is 0 Å². The summed E-state index contributed by atoms with van der Waals surface area (Å²) in [5.74, 6) is 0.735. The Morgan fingerprint density at radius 3 is 2.46 bits per heavy atom. The minimum atomic E-state index is -0.00127. The van der Waals surface area contributed by atoms with E-state index < -0.39 is 0 Å². The van der Waals surface area contributed by atoms with Gasteiger partial charge in [-0.3, -0.25) is 9.69 Å². The Hall–Kier alpha value is -3.39. The number of halogens is 1. The highest BCUT2D eigenvalue weighted by Crippen LogP contribution is 2.39. The Morgan fingerprint density at radius 1 is 1.00 bits per heavy atom. The monoisotopic (exact) mass is 571 g/mol. The molecule has 1 amide bonds. The van der Waals surface area contributed by atoms with Crippen LogP contribution in [0, 0.1) is 0 Å². The number of thioether (sulfide) groups is 1. The molecule has 2 heterocycles. The fraction of sp³-hybridized carbons (Fsp3) is 0.194. The van der Waals surface area contributed by atoms with Crippen molar-refractivity contribution in [2.24, 2.45) is 0 Å². The minimum Gasteiger partial charge on any atom is -0.489 e. The molecular formula is C31H26ClN3O2S2. The largest absolute Gasteiger partial charge is 0.489 e. The molecule has 2 fully saturated rings. The summed E-state index contributed by atoms with van der Waals surface area (Å²) in [5, 5.41) is 5.60. The zero-order valence-corrected chi connectivity index (χ0v) is 23.5. The lowest BCUT2D eigenvalue weighted by molar-refractivity contribution is -0.123. The van der Waals surface area contributed by atoms with Crippen molar-refractivity contribution in [2.45, 2.75) is 38.3 Å². The molecule has 1 saturated carbocycles. The molecule has 1 aliphatic carbocycles. The number of para-hydroxylation sites is 1. The van der Waals surface area contributed by atoms with Gasteiger partial charge in [0.2, 0.25) is 0 Å².